The Morgan fingerprint density at radius 1 is 1.38 bits per heavy atom. The van der Waals surface area contributed by atoms with Crippen LogP contribution < -0.4 is 15.5 Å². The number of rotatable bonds is 7. The highest BCUT2D eigenvalue weighted by Gasteiger charge is 2.41. The molecule has 3 rings (SSSR count). The summed E-state index contributed by atoms with van der Waals surface area (Å²) in [6.45, 7) is 2.87. The van der Waals surface area contributed by atoms with E-state index in [9.17, 15) is 0 Å². The van der Waals surface area contributed by atoms with Gasteiger partial charge in [-0.1, -0.05) is 6.07 Å². The van der Waals surface area contributed by atoms with Gasteiger partial charge in [-0.25, -0.2) is 0 Å². The third-order valence-electron chi connectivity index (χ3n) is 5.40. The van der Waals surface area contributed by atoms with Crippen LogP contribution in [0.3, 0.4) is 0 Å². The Bertz CT molecular complexity index is 494. The molecule has 0 saturated carbocycles. The second-order valence-corrected chi connectivity index (χ2v) is 8.51. The molecule has 2 bridgehead atoms. The molecule has 2 aliphatic rings. The molecule has 0 aliphatic carbocycles. The highest BCUT2D eigenvalue weighted by atomic mass is 32.1. The molecule has 3 N–H and O–H groups in total. The average Bonchev–Trinajstić information content (AvgIpc) is 3.05. The lowest BCUT2D eigenvalue weighted by atomic mass is 9.81. The van der Waals surface area contributed by atoms with Crippen molar-refractivity contribution in [1.29, 1.82) is 0 Å². The monoisotopic (exact) mass is 368 g/mol. The third kappa shape index (κ3) is 4.91. The maximum absolute atomic E-state index is 5.47. The number of methoxy groups -OCH3 is 1. The lowest BCUT2D eigenvalue weighted by Crippen LogP contribution is -3.20. The SMILES string of the molecule is COCCCNC(=S)NC1C[C@H]2CCC[C@@H](C1)[NH+]2Cc1cccs1. The number of ether oxygens (including phenoxy) is 1. The second kappa shape index (κ2) is 9.13. The standard InChI is InChI=1S/C18H29N3OS2/c1-22-9-4-8-19-18(23)20-14-11-15-5-2-6-16(12-14)21(15)13-17-7-3-10-24-17/h3,7,10,14-16H,2,4-6,8-9,11-13H2,1H3,(H2,19,20,23)/p+1/t14?,15-,16+. The van der Waals surface area contributed by atoms with Crippen LogP contribution in [0.15, 0.2) is 17.5 Å². The topological polar surface area (TPSA) is 37.7 Å². The van der Waals surface area contributed by atoms with Gasteiger partial charge in [0, 0.05) is 39.1 Å². The van der Waals surface area contributed by atoms with Gasteiger partial charge in [0.05, 0.1) is 17.0 Å². The van der Waals surface area contributed by atoms with Crippen LogP contribution in [-0.4, -0.2) is 43.5 Å². The van der Waals surface area contributed by atoms with Crippen molar-refractivity contribution >= 4 is 28.7 Å². The van der Waals surface area contributed by atoms with E-state index in [1.54, 1.807) is 7.11 Å². The van der Waals surface area contributed by atoms with Gasteiger partial charge in [0.1, 0.15) is 6.54 Å². The molecule has 24 heavy (non-hydrogen) atoms. The second-order valence-electron chi connectivity index (χ2n) is 7.07. The number of hydrogen-bond donors (Lipinski definition) is 3. The van der Waals surface area contributed by atoms with Crippen LogP contribution in [0, 0.1) is 0 Å². The number of thiophene rings is 1. The third-order valence-corrected chi connectivity index (χ3v) is 6.54. The first kappa shape index (κ1) is 18.1. The van der Waals surface area contributed by atoms with Gasteiger partial charge < -0.3 is 20.3 Å². The summed E-state index contributed by atoms with van der Waals surface area (Å²) >= 11 is 7.37. The Morgan fingerprint density at radius 2 is 2.17 bits per heavy atom. The maximum atomic E-state index is 5.47. The maximum Gasteiger partial charge on any atom is 0.166 e. The van der Waals surface area contributed by atoms with Crippen molar-refractivity contribution in [2.45, 2.75) is 63.2 Å². The Kier molecular flexibility index (Phi) is 6.89. The van der Waals surface area contributed by atoms with Crippen LogP contribution in [-0.2, 0) is 11.3 Å². The molecule has 0 amide bonds. The Hall–Kier alpha value is -0.690. The van der Waals surface area contributed by atoms with Gasteiger partial charge in [-0.15, -0.1) is 11.3 Å². The number of quaternary nitrogens is 1. The van der Waals surface area contributed by atoms with Gasteiger partial charge in [-0.3, -0.25) is 0 Å². The van der Waals surface area contributed by atoms with E-state index in [1.165, 1.54) is 43.5 Å². The molecule has 1 aromatic heterocycles. The fraction of sp³-hybridized carbons (Fsp3) is 0.722. The van der Waals surface area contributed by atoms with E-state index in [1.807, 2.05) is 16.2 Å². The summed E-state index contributed by atoms with van der Waals surface area (Å²) in [6, 6.07) is 6.57. The molecular formula is C18H30N3OS2+. The number of hydrogen-bond acceptors (Lipinski definition) is 3. The lowest BCUT2D eigenvalue weighted by Gasteiger charge is -2.46. The van der Waals surface area contributed by atoms with Crippen molar-refractivity contribution in [3.63, 3.8) is 0 Å². The Morgan fingerprint density at radius 3 is 2.83 bits per heavy atom. The minimum Gasteiger partial charge on any atom is -0.385 e. The molecule has 2 saturated heterocycles. The zero-order valence-corrected chi connectivity index (χ0v) is 16.2. The van der Waals surface area contributed by atoms with E-state index >= 15 is 0 Å². The van der Waals surface area contributed by atoms with Crippen LogP contribution in [0.5, 0.6) is 0 Å². The molecule has 2 fully saturated rings. The van der Waals surface area contributed by atoms with Gasteiger partial charge >= 0.3 is 0 Å². The highest BCUT2D eigenvalue weighted by Crippen LogP contribution is 2.23. The lowest BCUT2D eigenvalue weighted by molar-refractivity contribution is -0.973. The first-order valence-electron chi connectivity index (χ1n) is 9.17. The number of thiocarbonyl (C=S) groups is 1. The molecule has 0 spiro atoms. The Balaban J connectivity index is 1.48. The number of fused-ring (bicyclic) bond motifs is 2. The van der Waals surface area contributed by atoms with E-state index in [-0.39, 0.29) is 0 Å². The minimum atomic E-state index is 0.537. The number of nitrogens with one attached hydrogen (secondary N) is 3. The summed E-state index contributed by atoms with van der Waals surface area (Å²) in [4.78, 5) is 3.35. The largest absolute Gasteiger partial charge is 0.385 e. The van der Waals surface area contributed by atoms with E-state index in [0.717, 1.165) is 36.8 Å². The molecule has 6 heteroatoms. The quantitative estimate of drug-likeness (QED) is 0.506. The van der Waals surface area contributed by atoms with E-state index in [0.29, 0.717) is 6.04 Å². The van der Waals surface area contributed by atoms with Crippen LogP contribution in [0.4, 0.5) is 0 Å². The summed E-state index contributed by atoms with van der Waals surface area (Å²) in [7, 11) is 1.74. The van der Waals surface area contributed by atoms with Crippen molar-refractivity contribution in [2.24, 2.45) is 0 Å². The van der Waals surface area contributed by atoms with Crippen molar-refractivity contribution in [1.82, 2.24) is 10.6 Å². The molecule has 4 atom stereocenters. The molecule has 2 aliphatic heterocycles. The smallest absolute Gasteiger partial charge is 0.166 e. The molecule has 3 heterocycles. The molecule has 134 valence electrons. The summed E-state index contributed by atoms with van der Waals surface area (Å²) < 4.78 is 5.07. The van der Waals surface area contributed by atoms with Crippen LogP contribution in [0.2, 0.25) is 0 Å². The molecule has 2 unspecified atom stereocenters. The van der Waals surface area contributed by atoms with Crippen molar-refractivity contribution in [3.05, 3.63) is 22.4 Å². The van der Waals surface area contributed by atoms with Crippen LogP contribution in [0.1, 0.15) is 43.4 Å². The van der Waals surface area contributed by atoms with Crippen molar-refractivity contribution in [2.75, 3.05) is 20.3 Å². The molecule has 1 aromatic rings. The van der Waals surface area contributed by atoms with E-state index < -0.39 is 0 Å². The van der Waals surface area contributed by atoms with E-state index in [4.69, 9.17) is 17.0 Å². The van der Waals surface area contributed by atoms with Gasteiger partial charge in [0.15, 0.2) is 5.11 Å². The fourth-order valence-electron chi connectivity index (χ4n) is 4.31. The number of piperidine rings is 2. The fourth-order valence-corrected chi connectivity index (χ4v) is 5.32. The summed E-state index contributed by atoms with van der Waals surface area (Å²) in [5, 5.41) is 9.90. The Labute approximate surface area is 155 Å². The van der Waals surface area contributed by atoms with Gasteiger partial charge in [0.25, 0.3) is 0 Å². The van der Waals surface area contributed by atoms with Crippen molar-refractivity contribution in [3.8, 4) is 0 Å². The zero-order chi connectivity index (χ0) is 16.8. The summed E-state index contributed by atoms with van der Waals surface area (Å²) in [5.74, 6) is 0. The first-order chi connectivity index (χ1) is 11.8. The van der Waals surface area contributed by atoms with Gasteiger partial charge in [-0.2, -0.15) is 0 Å². The van der Waals surface area contributed by atoms with Crippen molar-refractivity contribution < 1.29 is 9.64 Å². The highest BCUT2D eigenvalue weighted by molar-refractivity contribution is 7.80. The molecule has 0 radical (unpaired) electrons. The molecule has 4 nitrogen and oxygen atoms in total. The predicted octanol–water partition coefficient (Wildman–Crippen LogP) is 1.72. The normalized spacial score (nSPS) is 29.2. The van der Waals surface area contributed by atoms with Crippen LogP contribution >= 0.6 is 23.6 Å². The molecular weight excluding hydrogens is 338 g/mol. The molecule has 0 aromatic carbocycles. The van der Waals surface area contributed by atoms with Gasteiger partial charge in [0.2, 0.25) is 0 Å². The zero-order valence-electron chi connectivity index (χ0n) is 14.6. The van der Waals surface area contributed by atoms with Gasteiger partial charge in [-0.05, 0) is 49.3 Å². The van der Waals surface area contributed by atoms with Crippen LogP contribution in [0.25, 0.3) is 0 Å². The van der Waals surface area contributed by atoms with E-state index in [2.05, 4.69) is 28.1 Å². The summed E-state index contributed by atoms with van der Waals surface area (Å²) in [6.07, 6.45) is 7.61. The summed E-state index contributed by atoms with van der Waals surface area (Å²) in [5.41, 5.74) is 0. The average molecular weight is 369 g/mol. The minimum absolute atomic E-state index is 0.537. The predicted molar refractivity (Wildman–Crippen MR) is 104 cm³/mol. The first-order valence-corrected chi connectivity index (χ1v) is 10.5.